The van der Waals surface area contributed by atoms with Crippen LogP contribution in [0.1, 0.15) is 31.6 Å². The Morgan fingerprint density at radius 3 is 2.68 bits per heavy atom. The fourth-order valence-electron chi connectivity index (χ4n) is 3.93. The number of hydrogen-bond acceptors (Lipinski definition) is 5. The monoisotopic (exact) mass is 345 g/mol. The summed E-state index contributed by atoms with van der Waals surface area (Å²) < 4.78 is 24.2. The van der Waals surface area contributed by atoms with Crippen molar-refractivity contribution in [2.45, 2.75) is 25.7 Å². The molecule has 2 saturated heterocycles. The van der Waals surface area contributed by atoms with Gasteiger partial charge < -0.3 is 14.2 Å². The number of aromatic nitrogens is 2. The molecule has 132 valence electrons. The molecule has 7 heteroatoms. The normalized spacial score (nSPS) is 22.5. The first-order valence-electron chi connectivity index (χ1n) is 8.50. The molecule has 25 heavy (non-hydrogen) atoms. The van der Waals surface area contributed by atoms with Gasteiger partial charge in [-0.25, -0.2) is 4.39 Å². The highest BCUT2D eigenvalue weighted by molar-refractivity contribution is 5.73. The lowest BCUT2D eigenvalue weighted by Gasteiger charge is -2.36. The maximum absolute atomic E-state index is 13.1. The van der Waals surface area contributed by atoms with E-state index in [0.29, 0.717) is 43.6 Å². The number of benzene rings is 1. The van der Waals surface area contributed by atoms with E-state index in [0.717, 1.165) is 12.8 Å². The number of carbonyl (C=O) groups is 1. The highest BCUT2D eigenvalue weighted by Gasteiger charge is 2.51. The summed E-state index contributed by atoms with van der Waals surface area (Å²) in [6.07, 6.45) is 1.74. The van der Waals surface area contributed by atoms with Crippen LogP contribution in [0.2, 0.25) is 0 Å². The summed E-state index contributed by atoms with van der Waals surface area (Å²) in [5.74, 6) is 0.749. The molecule has 6 nitrogen and oxygen atoms in total. The van der Waals surface area contributed by atoms with Crippen molar-refractivity contribution in [1.82, 2.24) is 15.0 Å². The van der Waals surface area contributed by atoms with Crippen molar-refractivity contribution in [2.24, 2.45) is 5.41 Å². The van der Waals surface area contributed by atoms with E-state index in [9.17, 15) is 9.18 Å². The van der Waals surface area contributed by atoms with Crippen LogP contribution in [0.3, 0.4) is 0 Å². The lowest BCUT2D eigenvalue weighted by atomic mass is 9.72. The molecular formula is C18H20FN3O3. The minimum absolute atomic E-state index is 0.00185. The van der Waals surface area contributed by atoms with Gasteiger partial charge in [0.1, 0.15) is 5.82 Å². The first kappa shape index (κ1) is 16.2. The minimum atomic E-state index is -0.304. The van der Waals surface area contributed by atoms with Crippen LogP contribution < -0.4 is 0 Å². The lowest BCUT2D eigenvalue weighted by Crippen LogP contribution is -2.36. The Balaban J connectivity index is 1.65. The third kappa shape index (κ3) is 2.93. The molecule has 4 rings (SSSR count). The summed E-state index contributed by atoms with van der Waals surface area (Å²) in [7, 11) is 0. The zero-order valence-corrected chi connectivity index (χ0v) is 14.1. The fourth-order valence-corrected chi connectivity index (χ4v) is 3.93. The Kier molecular flexibility index (Phi) is 4.03. The fraction of sp³-hybridized carbons (Fsp3) is 0.500. The highest BCUT2D eigenvalue weighted by Crippen LogP contribution is 2.49. The first-order chi connectivity index (χ1) is 12.1. The molecule has 0 bridgehead atoms. The Bertz CT molecular complexity index is 768. The predicted octanol–water partition coefficient (Wildman–Crippen LogP) is 2.62. The van der Waals surface area contributed by atoms with E-state index in [1.807, 2.05) is 4.90 Å². The second kappa shape index (κ2) is 6.22. The molecule has 1 amide bonds. The molecule has 0 saturated carbocycles. The maximum Gasteiger partial charge on any atom is 0.232 e. The molecular weight excluding hydrogens is 325 g/mol. The van der Waals surface area contributed by atoms with Crippen molar-refractivity contribution in [3.63, 3.8) is 0 Å². The van der Waals surface area contributed by atoms with Gasteiger partial charge in [0.05, 0.1) is 5.92 Å². The zero-order chi connectivity index (χ0) is 17.4. The second-order valence-electron chi connectivity index (χ2n) is 6.89. The summed E-state index contributed by atoms with van der Waals surface area (Å²) in [5, 5.41) is 4.07. The number of carbonyl (C=O) groups excluding carboxylic acids is 1. The van der Waals surface area contributed by atoms with Crippen molar-refractivity contribution in [3.05, 3.63) is 36.0 Å². The van der Waals surface area contributed by atoms with Gasteiger partial charge in [-0.1, -0.05) is 5.16 Å². The zero-order valence-electron chi connectivity index (χ0n) is 14.1. The molecule has 1 aromatic carbocycles. The van der Waals surface area contributed by atoms with Crippen LogP contribution in [0.5, 0.6) is 0 Å². The van der Waals surface area contributed by atoms with E-state index in [4.69, 9.17) is 9.26 Å². The van der Waals surface area contributed by atoms with Gasteiger partial charge in [0.2, 0.25) is 17.6 Å². The maximum atomic E-state index is 13.1. The van der Waals surface area contributed by atoms with Gasteiger partial charge in [-0.05, 0) is 37.1 Å². The molecule has 2 fully saturated rings. The molecule has 1 aromatic heterocycles. The SMILES string of the molecule is CC(=O)N1CC(c2nc(-c3ccc(F)cc3)no2)C2(CCOCC2)C1. The third-order valence-corrected chi connectivity index (χ3v) is 5.42. The molecule has 1 atom stereocenters. The summed E-state index contributed by atoms with van der Waals surface area (Å²) in [6.45, 7) is 4.24. The van der Waals surface area contributed by atoms with Gasteiger partial charge >= 0.3 is 0 Å². The molecule has 0 N–H and O–H groups in total. The van der Waals surface area contributed by atoms with Crippen LogP contribution in [0.15, 0.2) is 28.8 Å². The second-order valence-corrected chi connectivity index (χ2v) is 6.89. The predicted molar refractivity (Wildman–Crippen MR) is 87.2 cm³/mol. The van der Waals surface area contributed by atoms with E-state index in [2.05, 4.69) is 10.1 Å². The summed E-state index contributed by atoms with van der Waals surface area (Å²) >= 11 is 0. The molecule has 1 unspecified atom stereocenters. The van der Waals surface area contributed by atoms with Crippen LogP contribution in [0.4, 0.5) is 4.39 Å². The van der Waals surface area contributed by atoms with Gasteiger partial charge in [0.25, 0.3) is 0 Å². The van der Waals surface area contributed by atoms with Crippen LogP contribution in [-0.4, -0.2) is 47.3 Å². The summed E-state index contributed by atoms with van der Waals surface area (Å²) in [6, 6.07) is 6.01. The molecule has 1 spiro atoms. The number of halogens is 1. The van der Waals surface area contributed by atoms with Gasteiger partial charge in [-0.15, -0.1) is 0 Å². The number of nitrogens with zero attached hydrogens (tertiary/aromatic N) is 3. The van der Waals surface area contributed by atoms with Crippen LogP contribution >= 0.6 is 0 Å². The average Bonchev–Trinajstić information content (AvgIpc) is 3.22. The number of amides is 1. The molecule has 2 aliphatic rings. The van der Waals surface area contributed by atoms with Gasteiger partial charge in [-0.2, -0.15) is 4.98 Å². The Labute approximate surface area is 145 Å². The van der Waals surface area contributed by atoms with E-state index in [-0.39, 0.29) is 23.1 Å². The van der Waals surface area contributed by atoms with Gasteiger partial charge in [0.15, 0.2) is 0 Å². The Morgan fingerprint density at radius 1 is 1.28 bits per heavy atom. The van der Waals surface area contributed by atoms with E-state index in [1.165, 1.54) is 12.1 Å². The van der Waals surface area contributed by atoms with Crippen LogP contribution in [0.25, 0.3) is 11.4 Å². The molecule has 3 heterocycles. The van der Waals surface area contributed by atoms with E-state index >= 15 is 0 Å². The van der Waals surface area contributed by atoms with Crippen molar-refractivity contribution < 1.29 is 18.4 Å². The van der Waals surface area contributed by atoms with Crippen molar-refractivity contribution in [2.75, 3.05) is 26.3 Å². The molecule has 2 aliphatic heterocycles. The number of ether oxygens (including phenoxy) is 1. The quantitative estimate of drug-likeness (QED) is 0.837. The van der Waals surface area contributed by atoms with Gasteiger partial charge in [0, 0.05) is 44.2 Å². The first-order valence-corrected chi connectivity index (χ1v) is 8.50. The summed E-state index contributed by atoms with van der Waals surface area (Å²) in [5.41, 5.74) is 0.634. The molecule has 2 aromatic rings. The van der Waals surface area contributed by atoms with Crippen molar-refractivity contribution in [3.8, 4) is 11.4 Å². The Morgan fingerprint density at radius 2 is 2.00 bits per heavy atom. The Hall–Kier alpha value is -2.28. The van der Waals surface area contributed by atoms with E-state index in [1.54, 1.807) is 19.1 Å². The largest absolute Gasteiger partial charge is 0.381 e. The lowest BCUT2D eigenvalue weighted by molar-refractivity contribution is -0.128. The van der Waals surface area contributed by atoms with Gasteiger partial charge in [-0.3, -0.25) is 4.79 Å². The van der Waals surface area contributed by atoms with Crippen LogP contribution in [-0.2, 0) is 9.53 Å². The van der Waals surface area contributed by atoms with Crippen LogP contribution in [0, 0.1) is 11.2 Å². The molecule has 0 aliphatic carbocycles. The topological polar surface area (TPSA) is 68.5 Å². The number of hydrogen-bond donors (Lipinski definition) is 0. The summed E-state index contributed by atoms with van der Waals surface area (Å²) in [4.78, 5) is 18.3. The average molecular weight is 345 g/mol. The third-order valence-electron chi connectivity index (χ3n) is 5.42. The molecule has 0 radical (unpaired) electrons. The smallest absolute Gasteiger partial charge is 0.232 e. The number of likely N-dealkylation sites (tertiary alicyclic amines) is 1. The van der Waals surface area contributed by atoms with Crippen molar-refractivity contribution in [1.29, 1.82) is 0 Å². The van der Waals surface area contributed by atoms with Crippen molar-refractivity contribution >= 4 is 5.91 Å². The minimum Gasteiger partial charge on any atom is -0.381 e. The standard InChI is InChI=1S/C18H20FN3O3/c1-12(23)22-10-15(18(11-22)6-8-24-9-7-18)17-20-16(21-25-17)13-2-4-14(19)5-3-13/h2-5,15H,6-11H2,1H3. The van der Waals surface area contributed by atoms with E-state index < -0.39 is 0 Å². The number of rotatable bonds is 2. The highest BCUT2D eigenvalue weighted by atomic mass is 19.1.